The Bertz CT molecular complexity index is 433. The van der Waals surface area contributed by atoms with Crippen molar-refractivity contribution >= 4 is 6.21 Å². The highest BCUT2D eigenvalue weighted by molar-refractivity contribution is 5.79. The van der Waals surface area contributed by atoms with Crippen molar-refractivity contribution < 1.29 is 0 Å². The van der Waals surface area contributed by atoms with Crippen LogP contribution in [0.4, 0.5) is 0 Å². The van der Waals surface area contributed by atoms with Crippen LogP contribution in [0, 0.1) is 0 Å². The highest BCUT2D eigenvalue weighted by atomic mass is 15.6. The molecule has 0 spiro atoms. The lowest BCUT2D eigenvalue weighted by Crippen LogP contribution is -2.75. The van der Waals surface area contributed by atoms with Gasteiger partial charge in [-0.2, -0.15) is 0 Å². The fourth-order valence-electron chi connectivity index (χ4n) is 3.55. The number of rotatable bonds is 2. The molecule has 0 aromatic heterocycles. The molecule has 4 fully saturated rings. The lowest BCUT2D eigenvalue weighted by atomic mass is 9.91. The monoisotopic (exact) mass is 242 g/mol. The second-order valence-electron chi connectivity index (χ2n) is 5.80. The minimum Gasteiger partial charge on any atom is -0.282 e. The molecule has 4 saturated heterocycles. The Kier molecular flexibility index (Phi) is 2.30. The van der Waals surface area contributed by atoms with Gasteiger partial charge in [-0.05, 0) is 5.56 Å². The van der Waals surface area contributed by atoms with Crippen molar-refractivity contribution in [3.63, 3.8) is 0 Å². The molecule has 4 heterocycles. The second-order valence-corrected chi connectivity index (χ2v) is 5.80. The summed E-state index contributed by atoms with van der Waals surface area (Å²) in [5.74, 6) is 0. The number of nitrogens with zero attached hydrogens (tertiary/aromatic N) is 4. The van der Waals surface area contributed by atoms with Gasteiger partial charge in [0, 0.05) is 25.8 Å². The van der Waals surface area contributed by atoms with Gasteiger partial charge in [-0.1, -0.05) is 30.3 Å². The van der Waals surface area contributed by atoms with Crippen LogP contribution in [-0.4, -0.2) is 66.1 Å². The summed E-state index contributed by atoms with van der Waals surface area (Å²) in [6.45, 7) is 6.72. The van der Waals surface area contributed by atoms with Gasteiger partial charge in [-0.15, -0.1) is 0 Å². The molecule has 1 aromatic carbocycles. The zero-order chi connectivity index (χ0) is 12.0. The van der Waals surface area contributed by atoms with Crippen LogP contribution in [0.25, 0.3) is 0 Å². The van der Waals surface area contributed by atoms with E-state index in [0.717, 1.165) is 39.6 Å². The minimum absolute atomic E-state index is 0.102. The van der Waals surface area contributed by atoms with E-state index in [1.165, 1.54) is 5.56 Å². The van der Waals surface area contributed by atoms with Crippen LogP contribution in [0.3, 0.4) is 0 Å². The average molecular weight is 242 g/mol. The van der Waals surface area contributed by atoms with E-state index >= 15 is 0 Å². The standard InChI is InChI=1S/C14H18N4/c1-2-4-13(5-3-1)6-15-14-7-16-10-17(8-14)12-18(9-14)11-16/h1-6H,7-12H2. The van der Waals surface area contributed by atoms with Gasteiger partial charge in [0.25, 0.3) is 0 Å². The largest absolute Gasteiger partial charge is 0.282 e. The summed E-state index contributed by atoms with van der Waals surface area (Å²) in [6.07, 6.45) is 2.05. The Balaban J connectivity index is 1.59. The molecule has 0 atom stereocenters. The zero-order valence-corrected chi connectivity index (χ0v) is 10.5. The van der Waals surface area contributed by atoms with Gasteiger partial charge in [0.2, 0.25) is 0 Å². The summed E-state index contributed by atoms with van der Waals surface area (Å²) >= 11 is 0. The molecule has 0 N–H and O–H groups in total. The quantitative estimate of drug-likeness (QED) is 0.711. The third-order valence-electron chi connectivity index (χ3n) is 4.04. The molecule has 0 unspecified atom stereocenters. The fourth-order valence-corrected chi connectivity index (χ4v) is 3.55. The molecule has 0 radical (unpaired) electrons. The van der Waals surface area contributed by atoms with Gasteiger partial charge in [0.1, 0.15) is 0 Å². The fraction of sp³-hybridized carbons (Fsp3) is 0.500. The van der Waals surface area contributed by atoms with Crippen LogP contribution in [0.5, 0.6) is 0 Å². The number of hydrogen-bond donors (Lipinski definition) is 0. The molecule has 0 aliphatic carbocycles. The van der Waals surface area contributed by atoms with Crippen LogP contribution in [0.15, 0.2) is 35.3 Å². The highest BCUT2D eigenvalue weighted by Gasteiger charge is 2.48. The Morgan fingerprint density at radius 1 is 0.889 bits per heavy atom. The van der Waals surface area contributed by atoms with E-state index in [1.807, 2.05) is 6.07 Å². The van der Waals surface area contributed by atoms with Crippen molar-refractivity contribution in [1.82, 2.24) is 14.7 Å². The third-order valence-corrected chi connectivity index (χ3v) is 4.04. The second kappa shape index (κ2) is 3.88. The first kappa shape index (κ1) is 10.7. The summed E-state index contributed by atoms with van der Waals surface area (Å²) in [5.41, 5.74) is 1.30. The first-order valence-corrected chi connectivity index (χ1v) is 6.59. The maximum atomic E-state index is 4.94. The third kappa shape index (κ3) is 1.77. The van der Waals surface area contributed by atoms with E-state index in [-0.39, 0.29) is 5.54 Å². The van der Waals surface area contributed by atoms with Crippen LogP contribution >= 0.6 is 0 Å². The average Bonchev–Trinajstić information content (AvgIpc) is 2.36. The first-order chi connectivity index (χ1) is 8.81. The predicted molar refractivity (Wildman–Crippen MR) is 71.5 cm³/mol. The molecule has 0 amide bonds. The van der Waals surface area contributed by atoms with Gasteiger partial charge in [0.15, 0.2) is 0 Å². The maximum Gasteiger partial charge on any atom is 0.0989 e. The Labute approximate surface area is 108 Å². The molecule has 1 aromatic rings. The maximum absolute atomic E-state index is 4.94. The molecule has 4 nitrogen and oxygen atoms in total. The van der Waals surface area contributed by atoms with Crippen LogP contribution in [0.2, 0.25) is 0 Å². The van der Waals surface area contributed by atoms with Crippen molar-refractivity contribution in [2.45, 2.75) is 5.54 Å². The van der Waals surface area contributed by atoms with Crippen molar-refractivity contribution in [2.24, 2.45) is 4.99 Å². The van der Waals surface area contributed by atoms with Gasteiger partial charge in [0.05, 0.1) is 25.5 Å². The molecule has 4 heteroatoms. The van der Waals surface area contributed by atoms with Gasteiger partial charge in [-0.3, -0.25) is 19.7 Å². The van der Waals surface area contributed by atoms with Crippen LogP contribution in [-0.2, 0) is 0 Å². The summed E-state index contributed by atoms with van der Waals surface area (Å²) in [4.78, 5) is 12.4. The smallest absolute Gasteiger partial charge is 0.0989 e. The minimum atomic E-state index is 0.102. The van der Waals surface area contributed by atoms with Crippen LogP contribution < -0.4 is 0 Å². The number of benzene rings is 1. The molecule has 0 saturated carbocycles. The van der Waals surface area contributed by atoms with Crippen molar-refractivity contribution in [3.05, 3.63) is 35.9 Å². The molecule has 4 aliphatic rings. The summed E-state index contributed by atoms with van der Waals surface area (Å²) < 4.78 is 0. The Morgan fingerprint density at radius 2 is 1.44 bits per heavy atom. The van der Waals surface area contributed by atoms with Gasteiger partial charge < -0.3 is 0 Å². The SMILES string of the molecule is C(=NC12CN3CN(CN(C3)C1)C2)c1ccccc1. The molecule has 5 rings (SSSR count). The molecule has 4 aliphatic heterocycles. The topological polar surface area (TPSA) is 22.1 Å². The Morgan fingerprint density at radius 3 is 2.00 bits per heavy atom. The summed E-state index contributed by atoms with van der Waals surface area (Å²) in [6, 6.07) is 10.4. The van der Waals surface area contributed by atoms with E-state index in [4.69, 9.17) is 4.99 Å². The highest BCUT2D eigenvalue weighted by Crippen LogP contribution is 2.31. The van der Waals surface area contributed by atoms with E-state index in [0.29, 0.717) is 0 Å². The summed E-state index contributed by atoms with van der Waals surface area (Å²) in [7, 11) is 0. The Hall–Kier alpha value is -1.23. The van der Waals surface area contributed by atoms with E-state index in [2.05, 4.69) is 45.2 Å². The van der Waals surface area contributed by atoms with E-state index in [9.17, 15) is 0 Å². The number of aliphatic imine (C=N–C) groups is 1. The molecule has 4 bridgehead atoms. The van der Waals surface area contributed by atoms with E-state index < -0.39 is 0 Å². The van der Waals surface area contributed by atoms with Crippen molar-refractivity contribution in [1.29, 1.82) is 0 Å². The number of hydrogen-bond acceptors (Lipinski definition) is 4. The zero-order valence-electron chi connectivity index (χ0n) is 10.5. The summed E-state index contributed by atoms with van der Waals surface area (Å²) in [5, 5.41) is 0. The first-order valence-electron chi connectivity index (χ1n) is 6.59. The van der Waals surface area contributed by atoms with Crippen molar-refractivity contribution in [2.75, 3.05) is 39.6 Å². The lowest BCUT2D eigenvalue weighted by molar-refractivity contribution is -0.139. The lowest BCUT2D eigenvalue weighted by Gasteiger charge is -2.59. The van der Waals surface area contributed by atoms with E-state index in [1.54, 1.807) is 0 Å². The normalized spacial score (nSPS) is 41.7. The van der Waals surface area contributed by atoms with Crippen LogP contribution in [0.1, 0.15) is 5.56 Å². The van der Waals surface area contributed by atoms with Gasteiger partial charge >= 0.3 is 0 Å². The predicted octanol–water partition coefficient (Wildman–Crippen LogP) is 0.664. The molecular formula is C14H18N4. The molecule has 94 valence electrons. The van der Waals surface area contributed by atoms with Gasteiger partial charge in [-0.25, -0.2) is 0 Å². The van der Waals surface area contributed by atoms with Crippen molar-refractivity contribution in [3.8, 4) is 0 Å². The molecule has 18 heavy (non-hydrogen) atoms. The molecular weight excluding hydrogens is 224 g/mol.